The topological polar surface area (TPSA) is 113 Å². The molecule has 44 heavy (non-hydrogen) atoms. The summed E-state index contributed by atoms with van der Waals surface area (Å²) < 4.78 is 51.8. The molecule has 11 heteroatoms. The van der Waals surface area contributed by atoms with Crippen molar-refractivity contribution in [2.75, 3.05) is 13.1 Å². The van der Waals surface area contributed by atoms with Crippen molar-refractivity contribution >= 4 is 22.7 Å². The number of nitriles is 1. The highest BCUT2D eigenvalue weighted by molar-refractivity contribution is 6.02. The van der Waals surface area contributed by atoms with Crippen LogP contribution in [0, 0.1) is 28.8 Å². The molecule has 0 spiro atoms. The maximum Gasteiger partial charge on any atom is 0.335 e. The molecule has 0 atom stereocenters. The minimum Gasteiger partial charge on any atom is -0.478 e. The number of aliphatic imine (C=N–C) groups is 1. The first-order valence-electron chi connectivity index (χ1n) is 14.2. The molecule has 0 amide bonds. The van der Waals surface area contributed by atoms with E-state index in [2.05, 4.69) is 15.3 Å². The van der Waals surface area contributed by atoms with Crippen LogP contribution in [0.1, 0.15) is 64.1 Å². The Kier molecular flexibility index (Phi) is 9.41. The van der Waals surface area contributed by atoms with E-state index in [9.17, 15) is 14.3 Å². The molecule has 1 fully saturated rings. The van der Waals surface area contributed by atoms with Gasteiger partial charge in [-0.3, -0.25) is 0 Å². The third kappa shape index (κ3) is 6.98. The average molecular weight is 602 g/mol. The maximum absolute atomic E-state index is 15.2. The maximum atomic E-state index is 15.2. The molecular formula is C33H30F3N5O3. The highest BCUT2D eigenvalue weighted by atomic mass is 19.1. The number of carbonyl (C=O) groups is 1. The van der Waals surface area contributed by atoms with Crippen LogP contribution in [0.3, 0.4) is 0 Å². The van der Waals surface area contributed by atoms with E-state index in [1.807, 2.05) is 6.07 Å². The summed E-state index contributed by atoms with van der Waals surface area (Å²) >= 11 is 0. The van der Waals surface area contributed by atoms with Crippen molar-refractivity contribution in [3.8, 4) is 6.07 Å². The monoisotopic (exact) mass is 601 g/mol. The van der Waals surface area contributed by atoms with Gasteiger partial charge in [-0.15, -0.1) is 0 Å². The SMILES string of the molecule is C1CCNC1.Cn1c(Cc2cc(F)c(C3=NC(OCc4ccc(C#N)cc4F)=CCC3)cc2F)nc2ccc(C(=O)O)cc21. The van der Waals surface area contributed by atoms with Gasteiger partial charge in [-0.25, -0.2) is 27.9 Å². The number of nitrogens with one attached hydrogen (secondary N) is 1. The van der Waals surface area contributed by atoms with Crippen molar-refractivity contribution < 1.29 is 27.8 Å². The van der Waals surface area contributed by atoms with Gasteiger partial charge in [-0.1, -0.05) is 6.07 Å². The lowest BCUT2D eigenvalue weighted by atomic mass is 10.00. The van der Waals surface area contributed by atoms with Crippen molar-refractivity contribution in [2.45, 2.75) is 38.7 Å². The molecule has 8 nitrogen and oxygen atoms in total. The summed E-state index contributed by atoms with van der Waals surface area (Å²) in [6, 6.07) is 12.6. The summed E-state index contributed by atoms with van der Waals surface area (Å²) in [6.45, 7) is 2.36. The molecule has 2 N–H and O–H groups in total. The van der Waals surface area contributed by atoms with Crippen LogP contribution in [0.25, 0.3) is 11.0 Å². The first-order valence-corrected chi connectivity index (χ1v) is 14.2. The molecule has 2 aliphatic rings. The fraction of sp³-hybridized carbons (Fsp3) is 0.273. The minimum absolute atomic E-state index is 0.00565. The zero-order chi connectivity index (χ0) is 31.2. The largest absolute Gasteiger partial charge is 0.478 e. The fourth-order valence-electron chi connectivity index (χ4n) is 5.01. The first kappa shape index (κ1) is 30.5. The van der Waals surface area contributed by atoms with Crippen molar-refractivity contribution in [2.24, 2.45) is 12.0 Å². The van der Waals surface area contributed by atoms with Gasteiger partial charge in [0.15, 0.2) is 0 Å². The van der Waals surface area contributed by atoms with Crippen LogP contribution in [0.4, 0.5) is 13.2 Å². The van der Waals surface area contributed by atoms with Crippen LogP contribution in [0.5, 0.6) is 0 Å². The number of hydrogen-bond donors (Lipinski definition) is 2. The zero-order valence-corrected chi connectivity index (χ0v) is 24.0. The number of allylic oxidation sites excluding steroid dienone is 1. The van der Waals surface area contributed by atoms with Crippen LogP contribution < -0.4 is 5.32 Å². The number of halogens is 3. The van der Waals surface area contributed by atoms with Gasteiger partial charge >= 0.3 is 5.97 Å². The molecule has 6 rings (SSSR count). The molecule has 0 radical (unpaired) electrons. The second-order valence-corrected chi connectivity index (χ2v) is 10.5. The molecular weight excluding hydrogens is 571 g/mol. The number of nitrogens with zero attached hydrogens (tertiary/aromatic N) is 4. The zero-order valence-electron chi connectivity index (χ0n) is 24.0. The molecule has 1 aromatic heterocycles. The lowest BCUT2D eigenvalue weighted by molar-refractivity contribution is 0.0697. The van der Waals surface area contributed by atoms with E-state index in [-0.39, 0.29) is 46.7 Å². The number of ether oxygens (including phenoxy) is 1. The Morgan fingerprint density at radius 1 is 1.05 bits per heavy atom. The average Bonchev–Trinajstić information content (AvgIpc) is 3.70. The standard InChI is InChI=1S/C29H21F3N4O3.C4H9N/c1-36-26-11-17(29(37)38)7-8-25(26)34-27(36)12-19-10-23(32)20(13-22(19)31)24-3-2-4-28(35-24)39-15-18-6-5-16(14-33)9-21(18)30;1-2-4-5-3-1/h4-11,13H,2-3,12,15H2,1H3,(H,37,38);5H,1-4H2. The predicted octanol–water partition coefficient (Wildman–Crippen LogP) is 6.16. The van der Waals surface area contributed by atoms with Gasteiger partial charge in [0, 0.05) is 24.6 Å². The number of fused-ring (bicyclic) bond motifs is 1. The molecule has 2 aliphatic heterocycles. The lowest BCUT2D eigenvalue weighted by Gasteiger charge is -2.16. The molecule has 0 saturated carbocycles. The highest BCUT2D eigenvalue weighted by Gasteiger charge is 2.20. The molecule has 226 valence electrons. The van der Waals surface area contributed by atoms with Gasteiger partial charge in [0.2, 0.25) is 5.88 Å². The van der Waals surface area contributed by atoms with Crippen LogP contribution in [-0.2, 0) is 24.8 Å². The molecule has 0 aliphatic carbocycles. The number of aromatic nitrogens is 2. The van der Waals surface area contributed by atoms with Gasteiger partial charge in [-0.2, -0.15) is 5.26 Å². The Morgan fingerprint density at radius 3 is 2.50 bits per heavy atom. The molecule has 4 aromatic rings. The Labute approximate surface area is 252 Å². The van der Waals surface area contributed by atoms with Gasteiger partial charge < -0.3 is 19.7 Å². The van der Waals surface area contributed by atoms with Crippen LogP contribution in [0.2, 0.25) is 0 Å². The predicted molar refractivity (Wildman–Crippen MR) is 159 cm³/mol. The van der Waals surface area contributed by atoms with Crippen LogP contribution in [0.15, 0.2) is 65.5 Å². The number of carboxylic acid groups (broad SMARTS) is 1. The van der Waals surface area contributed by atoms with E-state index in [0.717, 1.165) is 18.2 Å². The number of benzene rings is 3. The first-order chi connectivity index (χ1) is 21.2. The van der Waals surface area contributed by atoms with Gasteiger partial charge in [0.1, 0.15) is 29.9 Å². The number of carboxylic acids is 1. The Bertz CT molecular complexity index is 1810. The van der Waals surface area contributed by atoms with E-state index in [4.69, 9.17) is 10.00 Å². The second-order valence-electron chi connectivity index (χ2n) is 10.5. The summed E-state index contributed by atoms with van der Waals surface area (Å²) in [6.07, 6.45) is 5.30. The summed E-state index contributed by atoms with van der Waals surface area (Å²) in [5.41, 5.74) is 2.05. The van der Waals surface area contributed by atoms with Crippen LogP contribution in [-0.4, -0.2) is 39.4 Å². The minimum atomic E-state index is -1.07. The smallest absolute Gasteiger partial charge is 0.335 e. The molecule has 0 unspecified atom stereocenters. The van der Waals surface area contributed by atoms with Crippen molar-refractivity contribution in [1.82, 2.24) is 14.9 Å². The Morgan fingerprint density at radius 2 is 1.82 bits per heavy atom. The summed E-state index contributed by atoms with van der Waals surface area (Å²) in [7, 11) is 1.69. The number of imidazole rings is 1. The third-order valence-corrected chi connectivity index (χ3v) is 7.48. The van der Waals surface area contributed by atoms with E-state index in [0.29, 0.717) is 35.4 Å². The van der Waals surface area contributed by atoms with E-state index in [1.54, 1.807) is 23.8 Å². The van der Waals surface area contributed by atoms with E-state index in [1.165, 1.54) is 50.2 Å². The van der Waals surface area contributed by atoms with Gasteiger partial charge in [-0.05, 0) is 92.9 Å². The number of hydrogen-bond acceptors (Lipinski definition) is 6. The number of aromatic carboxylic acids is 1. The number of rotatable bonds is 7. The Hall–Kier alpha value is -4.95. The van der Waals surface area contributed by atoms with Gasteiger partial charge in [0.25, 0.3) is 0 Å². The normalized spacial score (nSPS) is 14.3. The quantitative estimate of drug-likeness (QED) is 0.262. The van der Waals surface area contributed by atoms with E-state index < -0.39 is 23.4 Å². The Balaban J connectivity index is 0.000000698. The van der Waals surface area contributed by atoms with Crippen molar-refractivity contribution in [3.05, 3.63) is 112 Å². The highest BCUT2D eigenvalue weighted by Crippen LogP contribution is 2.25. The molecule has 3 aromatic carbocycles. The van der Waals surface area contributed by atoms with Gasteiger partial charge in [0.05, 0.1) is 33.9 Å². The lowest BCUT2D eigenvalue weighted by Crippen LogP contribution is -2.11. The number of aryl methyl sites for hydroxylation is 1. The fourth-order valence-corrected chi connectivity index (χ4v) is 5.01. The summed E-state index contributed by atoms with van der Waals surface area (Å²) in [5, 5.41) is 21.3. The molecule has 3 heterocycles. The van der Waals surface area contributed by atoms with Crippen LogP contribution >= 0.6 is 0 Å². The molecule has 0 bridgehead atoms. The van der Waals surface area contributed by atoms with Crippen molar-refractivity contribution in [3.63, 3.8) is 0 Å². The van der Waals surface area contributed by atoms with E-state index >= 15 is 8.78 Å². The van der Waals surface area contributed by atoms with Crippen molar-refractivity contribution in [1.29, 1.82) is 5.26 Å². The second kappa shape index (κ2) is 13.6. The summed E-state index contributed by atoms with van der Waals surface area (Å²) in [4.78, 5) is 20.1. The third-order valence-electron chi connectivity index (χ3n) is 7.48. The molecule has 1 saturated heterocycles. The summed E-state index contributed by atoms with van der Waals surface area (Å²) in [5.74, 6) is -2.33.